The molecule has 0 amide bonds. The van der Waals surface area contributed by atoms with E-state index in [1.807, 2.05) is 6.92 Å². The summed E-state index contributed by atoms with van der Waals surface area (Å²) in [5.41, 5.74) is 0.485. The van der Waals surface area contributed by atoms with Crippen molar-refractivity contribution in [2.24, 2.45) is 0 Å². The number of rotatable bonds is 4. The van der Waals surface area contributed by atoms with Crippen molar-refractivity contribution >= 4 is 46.4 Å². The van der Waals surface area contributed by atoms with Crippen molar-refractivity contribution in [1.82, 2.24) is 4.98 Å². The fourth-order valence-electron chi connectivity index (χ4n) is 1.20. The van der Waals surface area contributed by atoms with Crippen molar-refractivity contribution in [1.29, 1.82) is 0 Å². The Hall–Kier alpha value is -0.510. The zero-order valence-electron chi connectivity index (χ0n) is 8.52. The van der Waals surface area contributed by atoms with E-state index in [9.17, 15) is 9.59 Å². The van der Waals surface area contributed by atoms with E-state index in [1.54, 1.807) is 0 Å². The first-order valence-electron chi connectivity index (χ1n) is 4.70. The summed E-state index contributed by atoms with van der Waals surface area (Å²) in [6, 6.07) is 2.95. The van der Waals surface area contributed by atoms with E-state index >= 15 is 0 Å². The van der Waals surface area contributed by atoms with Gasteiger partial charge in [0.05, 0.1) is 11.4 Å². The molecule has 88 valence electrons. The molecule has 1 rings (SSSR count). The van der Waals surface area contributed by atoms with E-state index in [-0.39, 0.29) is 11.5 Å². The van der Waals surface area contributed by atoms with Crippen LogP contribution in [0.15, 0.2) is 12.1 Å². The molecule has 0 atom stereocenters. The number of H-pyrrole nitrogens is 1. The number of aromatic nitrogens is 1. The number of halogens is 3. The van der Waals surface area contributed by atoms with Crippen molar-refractivity contribution in [3.63, 3.8) is 0 Å². The Bertz CT molecular complexity index is 406. The maximum Gasteiger partial charge on any atom is 0.254 e. The fourth-order valence-corrected chi connectivity index (χ4v) is 1.51. The van der Waals surface area contributed by atoms with Gasteiger partial charge in [0, 0.05) is 6.42 Å². The minimum Gasteiger partial charge on any atom is -0.350 e. The highest BCUT2D eigenvalue weighted by molar-refractivity contribution is 6.77. The third kappa shape index (κ3) is 3.24. The third-order valence-electron chi connectivity index (χ3n) is 1.97. The van der Waals surface area contributed by atoms with Crippen LogP contribution in [-0.2, 0) is 0 Å². The van der Waals surface area contributed by atoms with Gasteiger partial charge in [0.2, 0.25) is 5.78 Å². The number of hydrogen-bond donors (Lipinski definition) is 1. The number of aromatic amines is 1. The van der Waals surface area contributed by atoms with E-state index in [0.717, 1.165) is 6.42 Å². The minimum atomic E-state index is -2.00. The number of alkyl halides is 3. The first-order valence-corrected chi connectivity index (χ1v) is 5.83. The minimum absolute atomic E-state index is 0.0640. The number of nitrogens with one attached hydrogen (secondary N) is 1. The molecule has 0 bridgehead atoms. The van der Waals surface area contributed by atoms with Crippen LogP contribution in [0.4, 0.5) is 0 Å². The molecule has 1 aromatic heterocycles. The van der Waals surface area contributed by atoms with E-state index in [0.29, 0.717) is 12.1 Å². The molecule has 0 saturated carbocycles. The summed E-state index contributed by atoms with van der Waals surface area (Å²) in [4.78, 5) is 25.7. The maximum absolute atomic E-state index is 11.5. The smallest absolute Gasteiger partial charge is 0.254 e. The van der Waals surface area contributed by atoms with Gasteiger partial charge in [0.25, 0.3) is 3.79 Å². The lowest BCUT2D eigenvalue weighted by Gasteiger charge is -2.06. The molecule has 1 aromatic rings. The van der Waals surface area contributed by atoms with Crippen molar-refractivity contribution in [3.05, 3.63) is 23.5 Å². The largest absolute Gasteiger partial charge is 0.350 e. The molecular formula is C10H10Cl3NO2. The van der Waals surface area contributed by atoms with Crippen LogP contribution in [0.1, 0.15) is 40.7 Å². The van der Waals surface area contributed by atoms with E-state index in [1.165, 1.54) is 12.1 Å². The Morgan fingerprint density at radius 1 is 1.25 bits per heavy atom. The second-order valence-corrected chi connectivity index (χ2v) is 5.57. The van der Waals surface area contributed by atoms with E-state index in [2.05, 4.69) is 4.98 Å². The Balaban J connectivity index is 2.87. The average molecular weight is 283 g/mol. The van der Waals surface area contributed by atoms with Crippen molar-refractivity contribution in [2.45, 2.75) is 23.6 Å². The Labute approximate surface area is 108 Å². The van der Waals surface area contributed by atoms with Gasteiger partial charge in [0.15, 0.2) is 5.78 Å². The second kappa shape index (κ2) is 5.21. The van der Waals surface area contributed by atoms with Crippen LogP contribution >= 0.6 is 34.8 Å². The monoisotopic (exact) mass is 281 g/mol. The van der Waals surface area contributed by atoms with Gasteiger partial charge in [-0.3, -0.25) is 9.59 Å². The van der Waals surface area contributed by atoms with Crippen LogP contribution < -0.4 is 0 Å². The summed E-state index contributed by atoms with van der Waals surface area (Å²) in [7, 11) is 0. The van der Waals surface area contributed by atoms with Crippen LogP contribution in [0.3, 0.4) is 0 Å². The summed E-state index contributed by atoms with van der Waals surface area (Å²) in [5, 5.41) is 0. The first kappa shape index (κ1) is 13.6. The Kier molecular flexibility index (Phi) is 4.42. The van der Waals surface area contributed by atoms with Crippen LogP contribution in [0.25, 0.3) is 0 Å². The molecule has 0 aromatic carbocycles. The second-order valence-electron chi connectivity index (χ2n) is 3.29. The predicted octanol–water partition coefficient (Wildman–Crippen LogP) is 3.55. The van der Waals surface area contributed by atoms with Gasteiger partial charge in [-0.2, -0.15) is 0 Å². The van der Waals surface area contributed by atoms with Crippen molar-refractivity contribution in [3.8, 4) is 0 Å². The molecule has 0 radical (unpaired) electrons. The van der Waals surface area contributed by atoms with Crippen LogP contribution in [0.2, 0.25) is 0 Å². The molecule has 3 nitrogen and oxygen atoms in total. The van der Waals surface area contributed by atoms with Gasteiger partial charge < -0.3 is 4.98 Å². The number of ketones is 2. The number of carbonyl (C=O) groups is 2. The summed E-state index contributed by atoms with van der Waals surface area (Å²) >= 11 is 16.3. The topological polar surface area (TPSA) is 49.9 Å². The molecule has 6 heteroatoms. The highest BCUT2D eigenvalue weighted by Gasteiger charge is 2.32. The summed E-state index contributed by atoms with van der Waals surface area (Å²) < 4.78 is -2.00. The normalized spacial score (nSPS) is 11.5. The van der Waals surface area contributed by atoms with Gasteiger partial charge in [-0.1, -0.05) is 41.7 Å². The summed E-state index contributed by atoms with van der Waals surface area (Å²) in [6.07, 6.45) is 1.16. The maximum atomic E-state index is 11.5. The molecule has 1 heterocycles. The molecule has 0 saturated heterocycles. The summed E-state index contributed by atoms with van der Waals surface area (Å²) in [6.45, 7) is 1.90. The molecule has 0 unspecified atom stereocenters. The van der Waals surface area contributed by atoms with Gasteiger partial charge in [0.1, 0.15) is 0 Å². The quantitative estimate of drug-likeness (QED) is 0.678. The third-order valence-corrected chi connectivity index (χ3v) is 2.48. The molecular weight excluding hydrogens is 272 g/mol. The number of carbonyl (C=O) groups excluding carboxylic acids is 2. The predicted molar refractivity (Wildman–Crippen MR) is 64.7 cm³/mol. The van der Waals surface area contributed by atoms with Gasteiger partial charge in [-0.25, -0.2) is 0 Å². The van der Waals surface area contributed by atoms with Crippen molar-refractivity contribution in [2.75, 3.05) is 0 Å². The molecule has 1 N–H and O–H groups in total. The van der Waals surface area contributed by atoms with Gasteiger partial charge in [-0.15, -0.1) is 0 Å². The lowest BCUT2D eigenvalue weighted by atomic mass is 10.2. The molecule has 16 heavy (non-hydrogen) atoms. The standard InChI is InChI=1S/C10H10Cl3NO2/c1-2-3-8(15)6-4-5-7(14-6)9(16)10(11,12)13/h4-5,14H,2-3H2,1H3. The number of Topliss-reactive ketones (excluding diaryl/α,β-unsaturated/α-hetero) is 2. The van der Waals surface area contributed by atoms with E-state index < -0.39 is 9.58 Å². The zero-order valence-corrected chi connectivity index (χ0v) is 10.8. The van der Waals surface area contributed by atoms with Crippen LogP contribution in [-0.4, -0.2) is 20.3 Å². The lowest BCUT2D eigenvalue weighted by Crippen LogP contribution is -2.19. The van der Waals surface area contributed by atoms with Crippen LogP contribution in [0, 0.1) is 0 Å². The molecule has 0 fully saturated rings. The molecule has 0 spiro atoms. The van der Waals surface area contributed by atoms with Gasteiger partial charge >= 0.3 is 0 Å². The average Bonchev–Trinajstić information content (AvgIpc) is 2.64. The highest BCUT2D eigenvalue weighted by Crippen LogP contribution is 2.30. The van der Waals surface area contributed by atoms with Gasteiger partial charge in [-0.05, 0) is 18.6 Å². The zero-order chi connectivity index (χ0) is 12.3. The SMILES string of the molecule is CCCC(=O)c1ccc(C(=O)C(Cl)(Cl)Cl)[nH]1. The number of hydrogen-bond acceptors (Lipinski definition) is 2. The summed E-state index contributed by atoms with van der Waals surface area (Å²) in [5.74, 6) is -0.737. The van der Waals surface area contributed by atoms with E-state index in [4.69, 9.17) is 34.8 Å². The lowest BCUT2D eigenvalue weighted by molar-refractivity contribution is 0.0977. The van der Waals surface area contributed by atoms with Crippen molar-refractivity contribution < 1.29 is 9.59 Å². The first-order chi connectivity index (χ1) is 7.36. The molecule has 0 aliphatic carbocycles. The Morgan fingerprint density at radius 2 is 1.81 bits per heavy atom. The van der Waals surface area contributed by atoms with Crippen LogP contribution in [0.5, 0.6) is 0 Å². The fraction of sp³-hybridized carbons (Fsp3) is 0.400. The molecule has 0 aliphatic rings. The molecule has 0 aliphatic heterocycles. The highest BCUT2D eigenvalue weighted by atomic mass is 35.6. The Morgan fingerprint density at radius 3 is 2.31 bits per heavy atom.